The molecule has 0 heterocycles. The van der Waals surface area contributed by atoms with Crippen molar-refractivity contribution in [1.29, 1.82) is 0 Å². The first kappa shape index (κ1) is 15.4. The molecule has 0 aromatic carbocycles. The molecule has 0 aromatic heterocycles. The maximum atomic E-state index is 11.6. The van der Waals surface area contributed by atoms with Crippen LogP contribution in [0.3, 0.4) is 0 Å². The van der Waals surface area contributed by atoms with Crippen LogP contribution < -0.4 is 11.1 Å². The first-order valence-electron chi connectivity index (χ1n) is 7.09. The van der Waals surface area contributed by atoms with Crippen molar-refractivity contribution in [3.63, 3.8) is 0 Å². The maximum absolute atomic E-state index is 11.6. The molecule has 0 aromatic rings. The summed E-state index contributed by atoms with van der Waals surface area (Å²) in [6.07, 6.45) is 4.32. The first-order valence-corrected chi connectivity index (χ1v) is 7.09. The fourth-order valence-electron chi connectivity index (χ4n) is 1.95. The summed E-state index contributed by atoms with van der Waals surface area (Å²) >= 11 is 0. The summed E-state index contributed by atoms with van der Waals surface area (Å²) in [5.41, 5.74) is 4.99. The molecule has 0 aliphatic heterocycles. The number of nitrogens with one attached hydrogen (secondary N) is 1. The number of amides is 1. The topological polar surface area (TPSA) is 58.4 Å². The van der Waals surface area contributed by atoms with Crippen molar-refractivity contribution in [2.75, 3.05) is 20.1 Å². The van der Waals surface area contributed by atoms with Crippen molar-refractivity contribution in [2.24, 2.45) is 11.7 Å². The van der Waals surface area contributed by atoms with Gasteiger partial charge >= 0.3 is 0 Å². The molecule has 1 atom stereocenters. The molecule has 0 spiro atoms. The first-order chi connectivity index (χ1) is 8.33. The summed E-state index contributed by atoms with van der Waals surface area (Å²) < 4.78 is 0. The fourth-order valence-corrected chi connectivity index (χ4v) is 1.95. The van der Waals surface area contributed by atoms with Gasteiger partial charge in [0, 0.05) is 12.6 Å². The molecule has 0 radical (unpaired) electrons. The van der Waals surface area contributed by atoms with Crippen LogP contribution in [0.1, 0.15) is 46.5 Å². The van der Waals surface area contributed by atoms with Crippen molar-refractivity contribution in [3.8, 4) is 0 Å². The van der Waals surface area contributed by atoms with E-state index in [1.54, 1.807) is 0 Å². The summed E-state index contributed by atoms with van der Waals surface area (Å²) in [4.78, 5) is 13.9. The van der Waals surface area contributed by atoms with Crippen LogP contribution in [0.25, 0.3) is 0 Å². The van der Waals surface area contributed by atoms with Gasteiger partial charge in [0.15, 0.2) is 0 Å². The minimum Gasteiger partial charge on any atom is -0.368 e. The molecule has 1 aliphatic rings. The highest BCUT2D eigenvalue weighted by atomic mass is 16.1. The number of nitrogens with zero attached hydrogens (tertiary/aromatic N) is 1. The lowest BCUT2D eigenvalue weighted by Crippen LogP contribution is -2.55. The molecule has 1 unspecified atom stereocenters. The quantitative estimate of drug-likeness (QED) is 0.654. The second kappa shape index (κ2) is 6.53. The molecule has 0 bridgehead atoms. The van der Waals surface area contributed by atoms with Gasteiger partial charge in [-0.05, 0) is 52.1 Å². The number of rotatable bonds is 9. The molecule has 4 nitrogen and oxygen atoms in total. The monoisotopic (exact) mass is 255 g/mol. The Labute approximate surface area is 111 Å². The molecule has 1 amide bonds. The predicted molar refractivity (Wildman–Crippen MR) is 75.3 cm³/mol. The summed E-state index contributed by atoms with van der Waals surface area (Å²) in [7, 11) is 2.11. The van der Waals surface area contributed by atoms with Crippen LogP contribution in [0, 0.1) is 5.92 Å². The Morgan fingerprint density at radius 1 is 1.44 bits per heavy atom. The van der Waals surface area contributed by atoms with E-state index in [1.165, 1.54) is 19.3 Å². The standard InChI is InChI=1S/C14H29N3O/c1-11(2)7-9-17(4)10-8-14(3,13(15)18)16-12-5-6-12/h11-12,16H,5-10H2,1-4H3,(H2,15,18). The Balaban J connectivity index is 2.34. The number of hydrogen-bond acceptors (Lipinski definition) is 3. The van der Waals surface area contributed by atoms with Crippen molar-refractivity contribution >= 4 is 5.91 Å². The van der Waals surface area contributed by atoms with E-state index in [-0.39, 0.29) is 5.91 Å². The van der Waals surface area contributed by atoms with E-state index in [9.17, 15) is 4.79 Å². The van der Waals surface area contributed by atoms with Gasteiger partial charge in [0.1, 0.15) is 0 Å². The minimum absolute atomic E-state index is 0.230. The summed E-state index contributed by atoms with van der Waals surface area (Å²) in [5.74, 6) is 0.492. The highest BCUT2D eigenvalue weighted by Gasteiger charge is 2.36. The van der Waals surface area contributed by atoms with E-state index in [1.807, 2.05) is 6.92 Å². The van der Waals surface area contributed by atoms with E-state index < -0.39 is 5.54 Å². The third kappa shape index (κ3) is 5.36. The molecular weight excluding hydrogens is 226 g/mol. The Morgan fingerprint density at radius 3 is 2.50 bits per heavy atom. The lowest BCUT2D eigenvalue weighted by atomic mass is 9.96. The molecule has 1 aliphatic carbocycles. The van der Waals surface area contributed by atoms with Gasteiger partial charge in [-0.25, -0.2) is 0 Å². The lowest BCUT2D eigenvalue weighted by molar-refractivity contribution is -0.124. The molecule has 1 saturated carbocycles. The second-order valence-electron chi connectivity index (χ2n) is 6.35. The second-order valence-corrected chi connectivity index (χ2v) is 6.35. The lowest BCUT2D eigenvalue weighted by Gasteiger charge is -2.30. The predicted octanol–water partition coefficient (Wildman–Crippen LogP) is 1.35. The number of hydrogen-bond donors (Lipinski definition) is 2. The zero-order valence-electron chi connectivity index (χ0n) is 12.3. The average molecular weight is 255 g/mol. The third-order valence-electron chi connectivity index (χ3n) is 3.73. The SMILES string of the molecule is CC(C)CCN(C)CCC(C)(NC1CC1)C(N)=O. The van der Waals surface area contributed by atoms with Crippen molar-refractivity contribution in [1.82, 2.24) is 10.2 Å². The highest BCUT2D eigenvalue weighted by Crippen LogP contribution is 2.24. The van der Waals surface area contributed by atoms with Gasteiger partial charge in [-0.15, -0.1) is 0 Å². The Kier molecular flexibility index (Phi) is 5.60. The van der Waals surface area contributed by atoms with E-state index >= 15 is 0 Å². The zero-order valence-corrected chi connectivity index (χ0v) is 12.3. The molecule has 1 rings (SSSR count). The number of primary amides is 1. The molecule has 106 valence electrons. The molecular formula is C14H29N3O. The number of carbonyl (C=O) groups is 1. The van der Waals surface area contributed by atoms with Crippen molar-refractivity contribution in [2.45, 2.75) is 58.0 Å². The highest BCUT2D eigenvalue weighted by molar-refractivity contribution is 5.84. The van der Waals surface area contributed by atoms with E-state index in [2.05, 4.69) is 31.1 Å². The molecule has 3 N–H and O–H groups in total. The summed E-state index contributed by atoms with van der Waals surface area (Å²) in [6.45, 7) is 8.39. The van der Waals surface area contributed by atoms with Gasteiger partial charge in [-0.3, -0.25) is 4.79 Å². The van der Waals surface area contributed by atoms with Crippen molar-refractivity contribution < 1.29 is 4.79 Å². The fraction of sp³-hybridized carbons (Fsp3) is 0.929. The van der Waals surface area contributed by atoms with Crippen LogP contribution in [-0.4, -0.2) is 42.5 Å². The normalized spacial score (nSPS) is 19.2. The molecule has 1 fully saturated rings. The van der Waals surface area contributed by atoms with Crippen LogP contribution in [0.15, 0.2) is 0 Å². The van der Waals surface area contributed by atoms with Gasteiger partial charge in [0.05, 0.1) is 5.54 Å². The Morgan fingerprint density at radius 2 is 2.06 bits per heavy atom. The van der Waals surface area contributed by atoms with Gasteiger partial charge in [-0.1, -0.05) is 13.8 Å². The largest absolute Gasteiger partial charge is 0.368 e. The maximum Gasteiger partial charge on any atom is 0.237 e. The van der Waals surface area contributed by atoms with Gasteiger partial charge in [0.25, 0.3) is 0 Å². The van der Waals surface area contributed by atoms with Gasteiger partial charge in [-0.2, -0.15) is 0 Å². The van der Waals surface area contributed by atoms with Crippen LogP contribution >= 0.6 is 0 Å². The number of nitrogens with two attached hydrogens (primary N) is 1. The van der Waals surface area contributed by atoms with E-state index in [0.29, 0.717) is 6.04 Å². The Bertz CT molecular complexity index is 276. The number of carbonyl (C=O) groups excluding carboxylic acids is 1. The van der Waals surface area contributed by atoms with E-state index in [4.69, 9.17) is 5.73 Å². The molecule has 4 heteroatoms. The van der Waals surface area contributed by atoms with Crippen molar-refractivity contribution in [3.05, 3.63) is 0 Å². The average Bonchev–Trinajstić information content (AvgIpc) is 3.07. The van der Waals surface area contributed by atoms with Gasteiger partial charge < -0.3 is 16.0 Å². The zero-order chi connectivity index (χ0) is 13.8. The van der Waals surface area contributed by atoms with Crippen LogP contribution in [0.4, 0.5) is 0 Å². The van der Waals surface area contributed by atoms with Crippen LogP contribution in [-0.2, 0) is 4.79 Å². The minimum atomic E-state index is -0.548. The molecule has 18 heavy (non-hydrogen) atoms. The Hall–Kier alpha value is -0.610. The van der Waals surface area contributed by atoms with E-state index in [0.717, 1.165) is 25.4 Å². The van der Waals surface area contributed by atoms with Gasteiger partial charge in [0.2, 0.25) is 5.91 Å². The summed E-state index contributed by atoms with van der Waals surface area (Å²) in [5, 5.41) is 3.39. The third-order valence-corrected chi connectivity index (χ3v) is 3.73. The molecule has 0 saturated heterocycles. The summed E-state index contributed by atoms with van der Waals surface area (Å²) in [6, 6.07) is 0.503. The van der Waals surface area contributed by atoms with Crippen LogP contribution in [0.5, 0.6) is 0 Å². The van der Waals surface area contributed by atoms with Crippen LogP contribution in [0.2, 0.25) is 0 Å². The smallest absolute Gasteiger partial charge is 0.237 e.